The molecule has 1 saturated heterocycles. The lowest BCUT2D eigenvalue weighted by Gasteiger charge is -2.32. The summed E-state index contributed by atoms with van der Waals surface area (Å²) in [6.45, 7) is 7.53. The molecule has 1 heterocycles. The molecule has 3 nitrogen and oxygen atoms in total. The van der Waals surface area contributed by atoms with Gasteiger partial charge in [-0.3, -0.25) is 0 Å². The zero-order chi connectivity index (χ0) is 14.4. The quantitative estimate of drug-likeness (QED) is 0.893. The summed E-state index contributed by atoms with van der Waals surface area (Å²) in [6.07, 6.45) is 5.06. The molecule has 0 spiro atoms. The van der Waals surface area contributed by atoms with Crippen LogP contribution in [0.4, 0.5) is 5.69 Å². The van der Waals surface area contributed by atoms with E-state index in [9.17, 15) is 0 Å². The van der Waals surface area contributed by atoms with E-state index in [0.717, 1.165) is 37.2 Å². The van der Waals surface area contributed by atoms with Crippen LogP contribution in [-0.2, 0) is 0 Å². The first-order chi connectivity index (χ1) is 9.74. The number of piperidine rings is 1. The highest BCUT2D eigenvalue weighted by molar-refractivity contribution is 5.53. The molecule has 20 heavy (non-hydrogen) atoms. The fourth-order valence-electron chi connectivity index (χ4n) is 2.91. The van der Waals surface area contributed by atoms with Crippen LogP contribution >= 0.6 is 0 Å². The number of anilines is 1. The van der Waals surface area contributed by atoms with Crippen molar-refractivity contribution in [2.45, 2.75) is 45.6 Å². The molecule has 3 heteroatoms. The van der Waals surface area contributed by atoms with E-state index in [1.165, 1.54) is 24.9 Å². The summed E-state index contributed by atoms with van der Waals surface area (Å²) in [5, 5.41) is 12.7. The fraction of sp³-hybridized carbons (Fsp3) is 0.588. The molecule has 108 valence electrons. The normalized spacial score (nSPS) is 18.6. The van der Waals surface area contributed by atoms with Crippen LogP contribution in [0.25, 0.3) is 0 Å². The van der Waals surface area contributed by atoms with Gasteiger partial charge in [-0.1, -0.05) is 13.3 Å². The highest BCUT2D eigenvalue weighted by Crippen LogP contribution is 2.21. The van der Waals surface area contributed by atoms with Crippen molar-refractivity contribution in [3.8, 4) is 6.07 Å². The van der Waals surface area contributed by atoms with E-state index < -0.39 is 0 Å². The maximum Gasteiger partial charge on any atom is 0.0994 e. The summed E-state index contributed by atoms with van der Waals surface area (Å²) < 4.78 is 0. The Balaban J connectivity index is 2.10. The summed E-state index contributed by atoms with van der Waals surface area (Å²) in [6, 6.07) is 9.03. The van der Waals surface area contributed by atoms with Crippen molar-refractivity contribution in [3.05, 3.63) is 29.3 Å². The minimum Gasteiger partial charge on any atom is -0.370 e. The third-order valence-electron chi connectivity index (χ3n) is 4.04. The van der Waals surface area contributed by atoms with Gasteiger partial charge in [0.1, 0.15) is 0 Å². The second-order valence-electron chi connectivity index (χ2n) is 5.70. The molecule has 1 aromatic carbocycles. The van der Waals surface area contributed by atoms with Crippen LogP contribution < -0.4 is 10.2 Å². The van der Waals surface area contributed by atoms with Gasteiger partial charge in [0.25, 0.3) is 0 Å². The standard InChI is InChI=1S/C17H25N3/c1-3-10-20(13-16-6-4-5-9-19-16)17-8-7-15(12-18)14(2)11-17/h7-8,11,16,19H,3-6,9-10,13H2,1-2H3. The third kappa shape index (κ3) is 3.74. The smallest absolute Gasteiger partial charge is 0.0994 e. The van der Waals surface area contributed by atoms with E-state index >= 15 is 0 Å². The molecule has 0 aromatic heterocycles. The number of nitriles is 1. The lowest BCUT2D eigenvalue weighted by Crippen LogP contribution is -2.44. The number of aryl methyl sites for hydroxylation is 1. The van der Waals surface area contributed by atoms with Gasteiger partial charge in [0.15, 0.2) is 0 Å². The van der Waals surface area contributed by atoms with Crippen molar-refractivity contribution in [1.82, 2.24) is 5.32 Å². The predicted molar refractivity (Wildman–Crippen MR) is 84.0 cm³/mol. The van der Waals surface area contributed by atoms with Crippen molar-refractivity contribution < 1.29 is 0 Å². The van der Waals surface area contributed by atoms with Gasteiger partial charge in [-0.2, -0.15) is 5.26 Å². The second kappa shape index (κ2) is 7.31. The Bertz CT molecular complexity index is 470. The van der Waals surface area contributed by atoms with E-state index in [1.807, 2.05) is 13.0 Å². The van der Waals surface area contributed by atoms with Crippen molar-refractivity contribution in [3.63, 3.8) is 0 Å². The maximum absolute atomic E-state index is 9.04. The van der Waals surface area contributed by atoms with Gasteiger partial charge in [0.05, 0.1) is 11.6 Å². The van der Waals surface area contributed by atoms with E-state index in [0.29, 0.717) is 6.04 Å². The number of nitrogens with zero attached hydrogens (tertiary/aromatic N) is 2. The number of rotatable bonds is 5. The lowest BCUT2D eigenvalue weighted by molar-refractivity contribution is 0.399. The Hall–Kier alpha value is -1.53. The van der Waals surface area contributed by atoms with Crippen LogP contribution in [0.2, 0.25) is 0 Å². The number of benzene rings is 1. The van der Waals surface area contributed by atoms with E-state index in [-0.39, 0.29) is 0 Å². The first kappa shape index (κ1) is 14.9. The largest absolute Gasteiger partial charge is 0.370 e. The van der Waals surface area contributed by atoms with Crippen LogP contribution in [0.15, 0.2) is 18.2 Å². The molecular weight excluding hydrogens is 246 g/mol. The van der Waals surface area contributed by atoms with Gasteiger partial charge in [-0.05, 0) is 56.5 Å². The summed E-state index contributed by atoms with van der Waals surface area (Å²) in [4.78, 5) is 2.46. The van der Waals surface area contributed by atoms with Crippen molar-refractivity contribution in [2.24, 2.45) is 0 Å². The SMILES string of the molecule is CCCN(CC1CCCCN1)c1ccc(C#N)c(C)c1. The molecule has 1 aliphatic rings. The first-order valence-corrected chi connectivity index (χ1v) is 7.73. The molecule has 1 unspecified atom stereocenters. The Morgan fingerprint density at radius 1 is 1.40 bits per heavy atom. The molecule has 2 rings (SSSR count). The molecule has 1 atom stereocenters. The second-order valence-corrected chi connectivity index (χ2v) is 5.70. The van der Waals surface area contributed by atoms with E-state index in [4.69, 9.17) is 5.26 Å². The fourth-order valence-corrected chi connectivity index (χ4v) is 2.91. The lowest BCUT2D eigenvalue weighted by atomic mass is 10.0. The van der Waals surface area contributed by atoms with Gasteiger partial charge in [-0.25, -0.2) is 0 Å². The molecule has 1 fully saturated rings. The van der Waals surface area contributed by atoms with E-state index in [2.05, 4.69) is 35.3 Å². The number of nitrogens with one attached hydrogen (secondary N) is 1. The summed E-state index contributed by atoms with van der Waals surface area (Å²) in [5.41, 5.74) is 3.10. The molecule has 0 amide bonds. The third-order valence-corrected chi connectivity index (χ3v) is 4.04. The Labute approximate surface area is 122 Å². The van der Waals surface area contributed by atoms with E-state index in [1.54, 1.807) is 0 Å². The highest BCUT2D eigenvalue weighted by atomic mass is 15.2. The Morgan fingerprint density at radius 2 is 2.25 bits per heavy atom. The minimum atomic E-state index is 0.603. The Kier molecular flexibility index (Phi) is 5.43. The van der Waals surface area contributed by atoms with Crippen LogP contribution in [0.5, 0.6) is 0 Å². The molecule has 1 aliphatic heterocycles. The highest BCUT2D eigenvalue weighted by Gasteiger charge is 2.17. The van der Waals surface area contributed by atoms with Gasteiger partial charge < -0.3 is 10.2 Å². The number of hydrogen-bond donors (Lipinski definition) is 1. The molecular formula is C17H25N3. The van der Waals surface area contributed by atoms with Gasteiger partial charge in [0, 0.05) is 24.8 Å². The van der Waals surface area contributed by atoms with Gasteiger partial charge >= 0.3 is 0 Å². The van der Waals surface area contributed by atoms with Crippen LogP contribution in [-0.4, -0.2) is 25.7 Å². The average Bonchev–Trinajstić information content (AvgIpc) is 2.48. The zero-order valence-corrected chi connectivity index (χ0v) is 12.7. The summed E-state index contributed by atoms with van der Waals surface area (Å²) in [5.74, 6) is 0. The molecule has 0 bridgehead atoms. The van der Waals surface area contributed by atoms with Crippen LogP contribution in [0.3, 0.4) is 0 Å². The monoisotopic (exact) mass is 271 g/mol. The topological polar surface area (TPSA) is 39.1 Å². The van der Waals surface area contributed by atoms with Crippen molar-refractivity contribution >= 4 is 5.69 Å². The predicted octanol–water partition coefficient (Wildman–Crippen LogP) is 3.23. The average molecular weight is 271 g/mol. The van der Waals surface area contributed by atoms with Crippen molar-refractivity contribution in [1.29, 1.82) is 5.26 Å². The van der Waals surface area contributed by atoms with Crippen LogP contribution in [0, 0.1) is 18.3 Å². The first-order valence-electron chi connectivity index (χ1n) is 7.73. The van der Waals surface area contributed by atoms with Gasteiger partial charge in [-0.15, -0.1) is 0 Å². The maximum atomic E-state index is 9.04. The Morgan fingerprint density at radius 3 is 2.85 bits per heavy atom. The zero-order valence-electron chi connectivity index (χ0n) is 12.7. The van der Waals surface area contributed by atoms with Crippen LogP contribution in [0.1, 0.15) is 43.7 Å². The molecule has 1 aromatic rings. The summed E-state index contributed by atoms with van der Waals surface area (Å²) >= 11 is 0. The molecule has 0 radical (unpaired) electrons. The molecule has 0 aliphatic carbocycles. The number of hydrogen-bond acceptors (Lipinski definition) is 3. The van der Waals surface area contributed by atoms with Gasteiger partial charge in [0.2, 0.25) is 0 Å². The summed E-state index contributed by atoms with van der Waals surface area (Å²) in [7, 11) is 0. The molecule has 0 saturated carbocycles. The minimum absolute atomic E-state index is 0.603. The van der Waals surface area contributed by atoms with Crippen molar-refractivity contribution in [2.75, 3.05) is 24.5 Å². The molecule has 1 N–H and O–H groups in total.